The van der Waals surface area contributed by atoms with Crippen LogP contribution in [0.15, 0.2) is 36.5 Å². The van der Waals surface area contributed by atoms with Gasteiger partial charge in [-0.2, -0.15) is 5.26 Å². The van der Waals surface area contributed by atoms with Crippen molar-refractivity contribution in [1.82, 2.24) is 15.2 Å². The number of nitrogens with one attached hydrogen (secondary N) is 1. The van der Waals surface area contributed by atoms with Crippen molar-refractivity contribution in [2.24, 2.45) is 5.92 Å². The molecule has 2 fully saturated rings. The van der Waals surface area contributed by atoms with Gasteiger partial charge < -0.3 is 10.2 Å². The van der Waals surface area contributed by atoms with Gasteiger partial charge in [0.05, 0.1) is 11.6 Å². The molecule has 1 aromatic heterocycles. The number of unbranched alkanes of at least 4 members (excludes halogenated alkanes) is 1. The molecule has 1 saturated carbocycles. The van der Waals surface area contributed by atoms with Crippen LogP contribution in [0.3, 0.4) is 0 Å². The van der Waals surface area contributed by atoms with Crippen molar-refractivity contribution < 1.29 is 4.79 Å². The van der Waals surface area contributed by atoms with E-state index in [9.17, 15) is 4.79 Å². The third kappa shape index (κ3) is 5.98. The largest absolute Gasteiger partial charge is 0.368 e. The van der Waals surface area contributed by atoms with Crippen molar-refractivity contribution in [3.63, 3.8) is 0 Å². The van der Waals surface area contributed by atoms with Crippen molar-refractivity contribution >= 4 is 22.5 Å². The Kier molecular flexibility index (Phi) is 7.95. The number of fused-ring (bicyclic) bond motifs is 1. The van der Waals surface area contributed by atoms with Crippen LogP contribution in [-0.2, 0) is 4.79 Å². The average Bonchev–Trinajstić information content (AvgIpc) is 2.84. The number of amides is 1. The molecule has 1 aromatic carbocycles. The second-order valence-electron chi connectivity index (χ2n) is 9.26. The molecule has 6 heteroatoms. The molecule has 170 valence electrons. The van der Waals surface area contributed by atoms with Gasteiger partial charge in [0.1, 0.15) is 0 Å². The Morgan fingerprint density at radius 2 is 1.91 bits per heavy atom. The summed E-state index contributed by atoms with van der Waals surface area (Å²) in [6.45, 7) is 5.55. The summed E-state index contributed by atoms with van der Waals surface area (Å²) in [5.74, 6) is 0.896. The predicted molar refractivity (Wildman–Crippen MR) is 128 cm³/mol. The molecule has 32 heavy (non-hydrogen) atoms. The number of aromatic nitrogens is 1. The van der Waals surface area contributed by atoms with Gasteiger partial charge in [-0.15, -0.1) is 0 Å². The first-order valence-electron chi connectivity index (χ1n) is 12.2. The average molecular weight is 434 g/mol. The summed E-state index contributed by atoms with van der Waals surface area (Å²) in [4.78, 5) is 21.6. The standard InChI is InChI=1S/C26H35N5O/c27-14-2-1-8-26(32)29-22-11-9-21(10-12-22)13-16-30-17-19-31(20-18-30)25-7-3-6-24-23(25)5-4-15-28-24/h3-7,15,21-22H,1-2,8-13,16-20H2,(H,29,32)/t21-,22-. The van der Waals surface area contributed by atoms with Crippen LogP contribution in [0.4, 0.5) is 5.69 Å². The number of pyridine rings is 1. The minimum absolute atomic E-state index is 0.114. The van der Waals surface area contributed by atoms with Gasteiger partial charge in [0.25, 0.3) is 0 Å². The van der Waals surface area contributed by atoms with E-state index in [4.69, 9.17) is 5.26 Å². The zero-order valence-electron chi connectivity index (χ0n) is 19.0. The number of nitriles is 1. The summed E-state index contributed by atoms with van der Waals surface area (Å²) in [5, 5.41) is 13.0. The zero-order valence-corrected chi connectivity index (χ0v) is 19.0. The lowest BCUT2D eigenvalue weighted by atomic mass is 9.84. The number of anilines is 1. The Labute approximate surface area is 191 Å². The van der Waals surface area contributed by atoms with E-state index < -0.39 is 0 Å². The molecule has 2 aliphatic rings. The smallest absolute Gasteiger partial charge is 0.220 e. The molecule has 1 saturated heterocycles. The summed E-state index contributed by atoms with van der Waals surface area (Å²) in [5.41, 5.74) is 2.38. The molecule has 1 amide bonds. The fourth-order valence-electron chi connectivity index (χ4n) is 5.16. The van der Waals surface area contributed by atoms with Crippen LogP contribution in [0, 0.1) is 17.2 Å². The van der Waals surface area contributed by atoms with Crippen molar-refractivity contribution in [3.05, 3.63) is 36.5 Å². The highest BCUT2D eigenvalue weighted by atomic mass is 16.1. The van der Waals surface area contributed by atoms with Crippen LogP contribution in [0.25, 0.3) is 10.9 Å². The molecule has 1 N–H and O–H groups in total. The first-order valence-corrected chi connectivity index (χ1v) is 12.2. The number of rotatable bonds is 8. The molecule has 0 unspecified atom stereocenters. The quantitative estimate of drug-likeness (QED) is 0.634. The number of piperazine rings is 1. The van der Waals surface area contributed by atoms with E-state index in [1.165, 1.54) is 36.9 Å². The van der Waals surface area contributed by atoms with Crippen LogP contribution in [0.1, 0.15) is 51.4 Å². The highest BCUT2D eigenvalue weighted by Gasteiger charge is 2.24. The van der Waals surface area contributed by atoms with Crippen molar-refractivity contribution in [2.75, 3.05) is 37.6 Å². The maximum absolute atomic E-state index is 12.0. The molecule has 2 aromatic rings. The van der Waals surface area contributed by atoms with E-state index in [1.54, 1.807) is 0 Å². The zero-order chi connectivity index (χ0) is 22.2. The third-order valence-electron chi connectivity index (χ3n) is 7.09. The van der Waals surface area contributed by atoms with Crippen LogP contribution in [-0.4, -0.2) is 54.6 Å². The number of hydrogen-bond donors (Lipinski definition) is 1. The second-order valence-corrected chi connectivity index (χ2v) is 9.26. The van der Waals surface area contributed by atoms with Crippen LogP contribution in [0.5, 0.6) is 0 Å². The molecule has 4 rings (SSSR count). The van der Waals surface area contributed by atoms with E-state index in [-0.39, 0.29) is 5.91 Å². The fraction of sp³-hybridized carbons (Fsp3) is 0.577. The van der Waals surface area contributed by atoms with Gasteiger partial charge in [0, 0.05) is 62.3 Å². The minimum atomic E-state index is 0.114. The maximum Gasteiger partial charge on any atom is 0.220 e. The van der Waals surface area contributed by atoms with Crippen molar-refractivity contribution in [1.29, 1.82) is 5.26 Å². The molecular formula is C26H35N5O. The Morgan fingerprint density at radius 1 is 1.09 bits per heavy atom. The van der Waals surface area contributed by atoms with Gasteiger partial charge in [-0.25, -0.2) is 0 Å². The Balaban J connectivity index is 1.16. The van der Waals surface area contributed by atoms with Gasteiger partial charge in [-0.05, 0) is 75.3 Å². The van der Waals surface area contributed by atoms with Crippen molar-refractivity contribution in [2.45, 2.75) is 57.4 Å². The Hall–Kier alpha value is -2.65. The van der Waals surface area contributed by atoms with Gasteiger partial charge in [-0.1, -0.05) is 6.07 Å². The number of carbonyl (C=O) groups is 1. The summed E-state index contributed by atoms with van der Waals surface area (Å²) in [6, 6.07) is 13.1. The minimum Gasteiger partial charge on any atom is -0.368 e. The van der Waals surface area contributed by atoms with Crippen LogP contribution in [0.2, 0.25) is 0 Å². The molecule has 1 aliphatic heterocycles. The van der Waals surface area contributed by atoms with Gasteiger partial charge in [0.2, 0.25) is 5.91 Å². The summed E-state index contributed by atoms with van der Waals surface area (Å²) in [7, 11) is 0. The number of benzene rings is 1. The molecule has 0 bridgehead atoms. The predicted octanol–water partition coefficient (Wildman–Crippen LogP) is 4.12. The molecule has 0 radical (unpaired) electrons. The SMILES string of the molecule is N#CCCCC(=O)N[C@H]1CC[C@H](CCN2CCN(c3cccc4ncccc34)CC2)CC1. The normalized spacial score (nSPS) is 21.9. The van der Waals surface area contributed by atoms with Crippen LogP contribution >= 0.6 is 0 Å². The van der Waals surface area contributed by atoms with Gasteiger partial charge >= 0.3 is 0 Å². The van der Waals surface area contributed by atoms with E-state index in [1.807, 2.05) is 12.3 Å². The summed E-state index contributed by atoms with van der Waals surface area (Å²) >= 11 is 0. The molecule has 1 aliphatic carbocycles. The topological polar surface area (TPSA) is 72.3 Å². The number of nitrogens with zero attached hydrogens (tertiary/aromatic N) is 4. The summed E-state index contributed by atoms with van der Waals surface area (Å²) in [6.07, 6.45) is 9.36. The van der Waals surface area contributed by atoms with E-state index in [2.05, 4.69) is 50.4 Å². The number of carbonyl (C=O) groups excluding carboxylic acids is 1. The lowest BCUT2D eigenvalue weighted by Gasteiger charge is -2.37. The van der Waals surface area contributed by atoms with Gasteiger partial charge in [0.15, 0.2) is 0 Å². The Bertz CT molecular complexity index is 918. The van der Waals surface area contributed by atoms with E-state index in [0.717, 1.165) is 50.5 Å². The third-order valence-corrected chi connectivity index (χ3v) is 7.09. The molecule has 2 heterocycles. The second kappa shape index (κ2) is 11.3. The van der Waals surface area contributed by atoms with E-state index in [0.29, 0.717) is 25.3 Å². The maximum atomic E-state index is 12.0. The lowest BCUT2D eigenvalue weighted by Crippen LogP contribution is -2.47. The Morgan fingerprint density at radius 3 is 2.69 bits per heavy atom. The molecule has 0 atom stereocenters. The van der Waals surface area contributed by atoms with E-state index >= 15 is 0 Å². The van der Waals surface area contributed by atoms with Crippen molar-refractivity contribution in [3.8, 4) is 6.07 Å². The monoisotopic (exact) mass is 433 g/mol. The highest BCUT2D eigenvalue weighted by molar-refractivity contribution is 5.91. The van der Waals surface area contributed by atoms with Gasteiger partial charge in [-0.3, -0.25) is 14.7 Å². The van der Waals surface area contributed by atoms with Crippen LogP contribution < -0.4 is 10.2 Å². The summed E-state index contributed by atoms with van der Waals surface area (Å²) < 4.78 is 0. The highest BCUT2D eigenvalue weighted by Crippen LogP contribution is 2.29. The molecular weight excluding hydrogens is 398 g/mol. The molecule has 0 spiro atoms. The first kappa shape index (κ1) is 22.5. The first-order chi connectivity index (χ1) is 15.7. The molecule has 6 nitrogen and oxygen atoms in total. The number of hydrogen-bond acceptors (Lipinski definition) is 5. The fourth-order valence-corrected chi connectivity index (χ4v) is 5.16. The lowest BCUT2D eigenvalue weighted by molar-refractivity contribution is -0.122.